The number of anilines is 1. The van der Waals surface area contributed by atoms with Gasteiger partial charge in [-0.2, -0.15) is 0 Å². The van der Waals surface area contributed by atoms with E-state index < -0.39 is 5.97 Å². The van der Waals surface area contributed by atoms with Crippen LogP contribution in [0.25, 0.3) is 0 Å². The van der Waals surface area contributed by atoms with E-state index in [4.69, 9.17) is 4.74 Å². The first-order chi connectivity index (χ1) is 13.7. The van der Waals surface area contributed by atoms with E-state index in [2.05, 4.69) is 12.2 Å². The van der Waals surface area contributed by atoms with E-state index in [0.29, 0.717) is 23.4 Å². The Labute approximate surface area is 168 Å². The monoisotopic (exact) mass is 381 g/mol. The molecular formula is C24H31NO3. The number of carbonyl (C=O) groups excluding carboxylic acids is 2. The Bertz CT molecular complexity index is 728. The molecule has 0 saturated carbocycles. The maximum absolute atomic E-state index is 12.4. The average Bonchev–Trinajstić information content (AvgIpc) is 2.73. The molecule has 0 aliphatic rings. The van der Waals surface area contributed by atoms with E-state index >= 15 is 0 Å². The van der Waals surface area contributed by atoms with Gasteiger partial charge in [0.25, 0.3) is 5.91 Å². The molecule has 0 bridgehead atoms. The molecule has 2 aromatic carbocycles. The number of nitrogens with one attached hydrogen (secondary N) is 1. The Morgan fingerprint density at radius 1 is 0.786 bits per heavy atom. The van der Waals surface area contributed by atoms with Crippen molar-refractivity contribution in [3.8, 4) is 0 Å². The Morgan fingerprint density at radius 3 is 2.11 bits per heavy atom. The third kappa shape index (κ3) is 7.55. The van der Waals surface area contributed by atoms with Crippen LogP contribution in [-0.4, -0.2) is 18.5 Å². The molecule has 0 spiro atoms. The molecule has 2 rings (SSSR count). The summed E-state index contributed by atoms with van der Waals surface area (Å²) in [5.74, 6) is -0.643. The Hall–Kier alpha value is -2.62. The van der Waals surface area contributed by atoms with Gasteiger partial charge in [-0.05, 0) is 30.7 Å². The van der Waals surface area contributed by atoms with Gasteiger partial charge < -0.3 is 10.1 Å². The van der Waals surface area contributed by atoms with Crippen LogP contribution in [0.4, 0.5) is 5.69 Å². The fourth-order valence-corrected chi connectivity index (χ4v) is 3.03. The van der Waals surface area contributed by atoms with Crippen molar-refractivity contribution >= 4 is 17.6 Å². The first kappa shape index (κ1) is 21.7. The second-order valence-electron chi connectivity index (χ2n) is 6.98. The summed E-state index contributed by atoms with van der Waals surface area (Å²) in [5.41, 5.74) is 1.40. The van der Waals surface area contributed by atoms with Gasteiger partial charge in [-0.15, -0.1) is 0 Å². The summed E-state index contributed by atoms with van der Waals surface area (Å²) in [6.07, 6.45) is 9.58. The molecule has 0 saturated heterocycles. The van der Waals surface area contributed by atoms with Crippen LogP contribution in [0, 0.1) is 0 Å². The number of ether oxygens (including phenoxy) is 1. The third-order valence-corrected chi connectivity index (χ3v) is 4.66. The fraction of sp³-hybridized carbons (Fsp3) is 0.417. The molecular weight excluding hydrogens is 350 g/mol. The lowest BCUT2D eigenvalue weighted by atomic mass is 10.1. The highest BCUT2D eigenvalue weighted by molar-refractivity contribution is 6.07. The molecule has 1 N–H and O–H groups in total. The molecule has 0 radical (unpaired) electrons. The number of rotatable bonds is 12. The topological polar surface area (TPSA) is 55.4 Å². The van der Waals surface area contributed by atoms with E-state index in [1.807, 2.05) is 6.07 Å². The quantitative estimate of drug-likeness (QED) is 0.350. The zero-order chi connectivity index (χ0) is 20.0. The van der Waals surface area contributed by atoms with Crippen molar-refractivity contribution in [1.29, 1.82) is 0 Å². The van der Waals surface area contributed by atoms with Crippen LogP contribution < -0.4 is 5.32 Å². The molecule has 0 unspecified atom stereocenters. The van der Waals surface area contributed by atoms with Crippen LogP contribution in [0.5, 0.6) is 0 Å². The van der Waals surface area contributed by atoms with Crippen LogP contribution in [0.1, 0.15) is 79.0 Å². The largest absolute Gasteiger partial charge is 0.462 e. The molecule has 0 aliphatic carbocycles. The number of esters is 1. The van der Waals surface area contributed by atoms with Crippen LogP contribution in [-0.2, 0) is 4.74 Å². The number of amides is 1. The molecule has 4 nitrogen and oxygen atoms in total. The number of hydrogen-bond donors (Lipinski definition) is 1. The van der Waals surface area contributed by atoms with E-state index in [1.165, 1.54) is 38.5 Å². The van der Waals surface area contributed by atoms with E-state index in [-0.39, 0.29) is 5.91 Å². The number of para-hydroxylation sites is 1. The minimum absolute atomic E-state index is 0.246. The van der Waals surface area contributed by atoms with Crippen molar-refractivity contribution < 1.29 is 14.3 Å². The summed E-state index contributed by atoms with van der Waals surface area (Å²) in [5, 5.41) is 2.80. The molecule has 1 amide bonds. The summed E-state index contributed by atoms with van der Waals surface area (Å²) < 4.78 is 5.41. The van der Waals surface area contributed by atoms with Crippen LogP contribution in [0.2, 0.25) is 0 Å². The van der Waals surface area contributed by atoms with Crippen molar-refractivity contribution in [3.63, 3.8) is 0 Å². The third-order valence-electron chi connectivity index (χ3n) is 4.66. The second kappa shape index (κ2) is 12.7. The zero-order valence-corrected chi connectivity index (χ0v) is 16.8. The molecule has 4 heteroatoms. The van der Waals surface area contributed by atoms with Crippen LogP contribution in [0.3, 0.4) is 0 Å². The molecule has 0 heterocycles. The molecule has 0 aromatic heterocycles. The SMILES string of the molecule is CCCCCCCCCCOC(=O)c1ccccc1NC(=O)c1ccccc1. The maximum atomic E-state index is 12.4. The normalized spacial score (nSPS) is 10.5. The van der Waals surface area contributed by atoms with Crippen LogP contribution in [0.15, 0.2) is 54.6 Å². The maximum Gasteiger partial charge on any atom is 0.340 e. The Morgan fingerprint density at radius 2 is 1.39 bits per heavy atom. The van der Waals surface area contributed by atoms with Gasteiger partial charge in [-0.25, -0.2) is 4.79 Å². The van der Waals surface area contributed by atoms with Crippen molar-refractivity contribution in [2.24, 2.45) is 0 Å². The van der Waals surface area contributed by atoms with Gasteiger partial charge in [0.15, 0.2) is 0 Å². The zero-order valence-electron chi connectivity index (χ0n) is 16.8. The fourth-order valence-electron chi connectivity index (χ4n) is 3.03. The highest BCUT2D eigenvalue weighted by atomic mass is 16.5. The molecule has 28 heavy (non-hydrogen) atoms. The van der Waals surface area contributed by atoms with Gasteiger partial charge in [0.2, 0.25) is 0 Å². The smallest absolute Gasteiger partial charge is 0.340 e. The number of unbranched alkanes of at least 4 members (excludes halogenated alkanes) is 7. The summed E-state index contributed by atoms with van der Waals surface area (Å²) in [6.45, 7) is 2.63. The molecule has 0 aliphatic heterocycles. The molecule has 0 fully saturated rings. The van der Waals surface area contributed by atoms with Crippen molar-refractivity contribution in [2.45, 2.75) is 58.3 Å². The first-order valence-corrected chi connectivity index (χ1v) is 10.3. The summed E-state index contributed by atoms with van der Waals surface area (Å²) in [6, 6.07) is 15.9. The average molecular weight is 382 g/mol. The Balaban J connectivity index is 1.77. The Kier molecular flexibility index (Phi) is 9.84. The molecule has 2 aromatic rings. The van der Waals surface area contributed by atoms with Gasteiger partial charge in [0, 0.05) is 5.56 Å². The predicted octanol–water partition coefficient (Wildman–Crippen LogP) is 6.24. The predicted molar refractivity (Wildman–Crippen MR) is 114 cm³/mol. The van der Waals surface area contributed by atoms with Gasteiger partial charge in [-0.1, -0.05) is 82.2 Å². The number of benzene rings is 2. The van der Waals surface area contributed by atoms with Gasteiger partial charge in [-0.3, -0.25) is 4.79 Å². The van der Waals surface area contributed by atoms with Gasteiger partial charge >= 0.3 is 5.97 Å². The highest BCUT2D eigenvalue weighted by Gasteiger charge is 2.15. The minimum atomic E-state index is -0.396. The standard InChI is InChI=1S/C24H31NO3/c1-2-3-4-5-6-7-8-14-19-28-24(27)21-17-12-13-18-22(21)25-23(26)20-15-10-9-11-16-20/h9-13,15-18H,2-8,14,19H2,1H3,(H,25,26). The molecule has 150 valence electrons. The van der Waals surface area contributed by atoms with E-state index in [0.717, 1.165) is 12.8 Å². The van der Waals surface area contributed by atoms with Crippen molar-refractivity contribution in [1.82, 2.24) is 0 Å². The first-order valence-electron chi connectivity index (χ1n) is 10.3. The van der Waals surface area contributed by atoms with E-state index in [9.17, 15) is 9.59 Å². The minimum Gasteiger partial charge on any atom is -0.462 e. The lowest BCUT2D eigenvalue weighted by Gasteiger charge is -2.11. The summed E-state index contributed by atoms with van der Waals surface area (Å²) >= 11 is 0. The van der Waals surface area contributed by atoms with Crippen molar-refractivity contribution in [2.75, 3.05) is 11.9 Å². The lowest BCUT2D eigenvalue weighted by Crippen LogP contribution is -2.16. The second-order valence-corrected chi connectivity index (χ2v) is 6.98. The number of hydrogen-bond acceptors (Lipinski definition) is 3. The number of carbonyl (C=O) groups is 2. The molecule has 0 atom stereocenters. The van der Waals surface area contributed by atoms with Crippen LogP contribution >= 0.6 is 0 Å². The van der Waals surface area contributed by atoms with Gasteiger partial charge in [0.05, 0.1) is 17.9 Å². The highest BCUT2D eigenvalue weighted by Crippen LogP contribution is 2.18. The summed E-state index contributed by atoms with van der Waals surface area (Å²) in [7, 11) is 0. The van der Waals surface area contributed by atoms with E-state index in [1.54, 1.807) is 48.5 Å². The van der Waals surface area contributed by atoms with Crippen molar-refractivity contribution in [3.05, 3.63) is 65.7 Å². The summed E-state index contributed by atoms with van der Waals surface area (Å²) in [4.78, 5) is 24.8. The van der Waals surface area contributed by atoms with Gasteiger partial charge in [0.1, 0.15) is 0 Å². The lowest BCUT2D eigenvalue weighted by molar-refractivity contribution is 0.0499.